The van der Waals surface area contributed by atoms with Gasteiger partial charge in [-0.05, 0) is 50.6 Å². The molecule has 1 aromatic rings. The van der Waals surface area contributed by atoms with E-state index in [2.05, 4.69) is 47.5 Å². The first-order chi connectivity index (χ1) is 10.3. The van der Waals surface area contributed by atoms with Crippen molar-refractivity contribution < 1.29 is 0 Å². The number of hydrogen-bond acceptors (Lipinski definition) is 2. The molecule has 2 heteroatoms. The monoisotopic (exact) mass is 286 g/mol. The van der Waals surface area contributed by atoms with Gasteiger partial charge in [0.15, 0.2) is 0 Å². The van der Waals surface area contributed by atoms with Crippen LogP contribution in [0.3, 0.4) is 0 Å². The quantitative estimate of drug-likeness (QED) is 0.861. The molecule has 2 fully saturated rings. The molecule has 0 radical (unpaired) electrons. The van der Waals surface area contributed by atoms with Crippen molar-refractivity contribution in [3.05, 3.63) is 35.9 Å². The molecule has 21 heavy (non-hydrogen) atoms. The number of rotatable bonds is 6. The van der Waals surface area contributed by atoms with Crippen LogP contribution in [0.25, 0.3) is 0 Å². The summed E-state index contributed by atoms with van der Waals surface area (Å²) in [5, 5.41) is 3.91. The second-order valence-corrected chi connectivity index (χ2v) is 7.02. The predicted molar refractivity (Wildman–Crippen MR) is 89.5 cm³/mol. The van der Waals surface area contributed by atoms with Gasteiger partial charge in [0, 0.05) is 25.2 Å². The van der Waals surface area contributed by atoms with Gasteiger partial charge in [0.05, 0.1) is 0 Å². The highest BCUT2D eigenvalue weighted by Crippen LogP contribution is 2.28. The molecule has 1 aromatic carbocycles. The fraction of sp³-hybridized carbons (Fsp3) is 0.684. The molecule has 2 unspecified atom stereocenters. The van der Waals surface area contributed by atoms with Crippen molar-refractivity contribution in [1.82, 2.24) is 10.2 Å². The lowest BCUT2D eigenvalue weighted by Crippen LogP contribution is -2.42. The fourth-order valence-corrected chi connectivity index (χ4v) is 4.07. The van der Waals surface area contributed by atoms with E-state index in [9.17, 15) is 0 Å². The van der Waals surface area contributed by atoms with Crippen LogP contribution in [-0.4, -0.2) is 36.6 Å². The molecular formula is C19H30N2. The second kappa shape index (κ2) is 7.42. The molecule has 1 aliphatic heterocycles. The summed E-state index contributed by atoms with van der Waals surface area (Å²) in [4.78, 5) is 2.63. The van der Waals surface area contributed by atoms with E-state index in [4.69, 9.17) is 0 Å². The molecule has 0 aromatic heterocycles. The van der Waals surface area contributed by atoms with Gasteiger partial charge in [-0.1, -0.05) is 43.2 Å². The van der Waals surface area contributed by atoms with Crippen molar-refractivity contribution in [2.24, 2.45) is 5.92 Å². The largest absolute Gasteiger partial charge is 0.310 e. The van der Waals surface area contributed by atoms with E-state index < -0.39 is 0 Å². The van der Waals surface area contributed by atoms with Gasteiger partial charge < -0.3 is 10.2 Å². The SMILES string of the molecule is CC(NC1CCN(CCc2ccccc2)C1)C1CCCC1. The highest BCUT2D eigenvalue weighted by Gasteiger charge is 2.27. The summed E-state index contributed by atoms with van der Waals surface area (Å²) in [7, 11) is 0. The minimum Gasteiger partial charge on any atom is -0.310 e. The van der Waals surface area contributed by atoms with Gasteiger partial charge in [-0.2, -0.15) is 0 Å². The van der Waals surface area contributed by atoms with Crippen molar-refractivity contribution in [3.63, 3.8) is 0 Å². The van der Waals surface area contributed by atoms with Crippen LogP contribution in [0.15, 0.2) is 30.3 Å². The summed E-state index contributed by atoms with van der Waals surface area (Å²) in [6.07, 6.45) is 8.30. The Kier molecular flexibility index (Phi) is 5.32. The van der Waals surface area contributed by atoms with E-state index in [1.54, 1.807) is 0 Å². The molecule has 0 amide bonds. The van der Waals surface area contributed by atoms with Crippen molar-refractivity contribution in [2.45, 2.75) is 57.5 Å². The lowest BCUT2D eigenvalue weighted by Gasteiger charge is -2.25. The van der Waals surface area contributed by atoms with Crippen molar-refractivity contribution in [3.8, 4) is 0 Å². The van der Waals surface area contributed by atoms with Crippen LogP contribution in [0.5, 0.6) is 0 Å². The molecule has 1 heterocycles. The average Bonchev–Trinajstić information content (AvgIpc) is 3.18. The highest BCUT2D eigenvalue weighted by atomic mass is 15.2. The van der Waals surface area contributed by atoms with Crippen molar-refractivity contribution in [2.75, 3.05) is 19.6 Å². The zero-order chi connectivity index (χ0) is 14.5. The summed E-state index contributed by atoms with van der Waals surface area (Å²) in [5.41, 5.74) is 1.47. The number of likely N-dealkylation sites (tertiary alicyclic amines) is 1. The van der Waals surface area contributed by atoms with Gasteiger partial charge in [0.25, 0.3) is 0 Å². The third kappa shape index (κ3) is 4.31. The summed E-state index contributed by atoms with van der Waals surface area (Å²) >= 11 is 0. The van der Waals surface area contributed by atoms with Crippen LogP contribution in [0, 0.1) is 5.92 Å². The highest BCUT2D eigenvalue weighted by molar-refractivity contribution is 5.14. The van der Waals surface area contributed by atoms with E-state index in [1.165, 1.54) is 63.7 Å². The first kappa shape index (κ1) is 15.1. The molecule has 3 rings (SSSR count). The van der Waals surface area contributed by atoms with Gasteiger partial charge in [-0.3, -0.25) is 0 Å². The normalized spacial score (nSPS) is 25.5. The lowest BCUT2D eigenvalue weighted by molar-refractivity contribution is 0.307. The van der Waals surface area contributed by atoms with E-state index in [1.807, 2.05) is 0 Å². The standard InChI is InChI=1S/C19H30N2/c1-16(18-9-5-6-10-18)20-19-12-14-21(15-19)13-11-17-7-3-2-4-8-17/h2-4,7-8,16,18-20H,5-6,9-15H2,1H3. The van der Waals surface area contributed by atoms with Crippen LogP contribution < -0.4 is 5.32 Å². The van der Waals surface area contributed by atoms with E-state index in [-0.39, 0.29) is 0 Å². The molecule has 2 aliphatic rings. The summed E-state index contributed by atoms with van der Waals surface area (Å²) in [5.74, 6) is 0.934. The Morgan fingerprint density at radius 3 is 2.67 bits per heavy atom. The Hall–Kier alpha value is -0.860. The predicted octanol–water partition coefficient (Wildman–Crippen LogP) is 3.47. The molecule has 0 spiro atoms. The second-order valence-electron chi connectivity index (χ2n) is 7.02. The maximum Gasteiger partial charge on any atom is 0.0209 e. The minimum atomic E-state index is 0.714. The Morgan fingerprint density at radius 1 is 1.14 bits per heavy atom. The molecule has 116 valence electrons. The lowest BCUT2D eigenvalue weighted by atomic mass is 9.99. The van der Waals surface area contributed by atoms with E-state index in [0.717, 1.165) is 12.0 Å². The van der Waals surface area contributed by atoms with Gasteiger partial charge in [0.2, 0.25) is 0 Å². The molecule has 1 aliphatic carbocycles. The molecule has 0 bridgehead atoms. The topological polar surface area (TPSA) is 15.3 Å². The smallest absolute Gasteiger partial charge is 0.0209 e. The summed E-state index contributed by atoms with van der Waals surface area (Å²) < 4.78 is 0. The Balaban J connectivity index is 1.38. The Labute approximate surface area is 129 Å². The zero-order valence-corrected chi connectivity index (χ0v) is 13.4. The zero-order valence-electron chi connectivity index (χ0n) is 13.4. The molecule has 1 saturated carbocycles. The average molecular weight is 286 g/mol. The van der Waals surface area contributed by atoms with Crippen LogP contribution in [-0.2, 0) is 6.42 Å². The van der Waals surface area contributed by atoms with Crippen molar-refractivity contribution >= 4 is 0 Å². The third-order valence-corrected chi connectivity index (χ3v) is 5.44. The van der Waals surface area contributed by atoms with Crippen LogP contribution >= 0.6 is 0 Å². The first-order valence-corrected chi connectivity index (χ1v) is 8.83. The van der Waals surface area contributed by atoms with E-state index in [0.29, 0.717) is 6.04 Å². The van der Waals surface area contributed by atoms with Gasteiger partial charge in [0.1, 0.15) is 0 Å². The maximum absolute atomic E-state index is 3.91. The number of benzene rings is 1. The molecule has 1 N–H and O–H groups in total. The van der Waals surface area contributed by atoms with Crippen LogP contribution in [0.4, 0.5) is 0 Å². The van der Waals surface area contributed by atoms with Crippen LogP contribution in [0.2, 0.25) is 0 Å². The fourth-order valence-electron chi connectivity index (χ4n) is 4.07. The minimum absolute atomic E-state index is 0.714. The first-order valence-electron chi connectivity index (χ1n) is 8.83. The Bertz CT molecular complexity index is 411. The van der Waals surface area contributed by atoms with Gasteiger partial charge >= 0.3 is 0 Å². The summed E-state index contributed by atoms with van der Waals surface area (Å²) in [6, 6.07) is 12.3. The van der Waals surface area contributed by atoms with E-state index >= 15 is 0 Å². The Morgan fingerprint density at radius 2 is 1.90 bits per heavy atom. The summed E-state index contributed by atoms with van der Waals surface area (Å²) in [6.45, 7) is 6.12. The van der Waals surface area contributed by atoms with Crippen molar-refractivity contribution in [1.29, 1.82) is 0 Å². The maximum atomic E-state index is 3.91. The molecule has 2 nitrogen and oxygen atoms in total. The number of nitrogens with one attached hydrogen (secondary N) is 1. The molecule has 1 saturated heterocycles. The van der Waals surface area contributed by atoms with Crippen LogP contribution in [0.1, 0.15) is 44.6 Å². The molecule has 2 atom stereocenters. The number of nitrogens with zero attached hydrogens (tertiary/aromatic N) is 1. The van der Waals surface area contributed by atoms with Gasteiger partial charge in [-0.15, -0.1) is 0 Å². The van der Waals surface area contributed by atoms with Gasteiger partial charge in [-0.25, -0.2) is 0 Å². The number of hydrogen-bond donors (Lipinski definition) is 1. The molecular weight excluding hydrogens is 256 g/mol. The third-order valence-electron chi connectivity index (χ3n) is 5.44.